The highest BCUT2D eigenvalue weighted by Gasteiger charge is 2.20. The molecular formula is C9H13N5O2S2. The van der Waals surface area contributed by atoms with Crippen molar-refractivity contribution in [1.82, 2.24) is 19.9 Å². The van der Waals surface area contributed by atoms with Gasteiger partial charge in [0.2, 0.25) is 0 Å². The van der Waals surface area contributed by atoms with E-state index in [9.17, 15) is 8.42 Å². The first-order valence-corrected chi connectivity index (χ1v) is 7.52. The third-order valence-electron chi connectivity index (χ3n) is 2.25. The molecule has 0 atom stereocenters. The van der Waals surface area contributed by atoms with Gasteiger partial charge in [-0.3, -0.25) is 5.10 Å². The Morgan fingerprint density at radius 2 is 2.33 bits per heavy atom. The van der Waals surface area contributed by atoms with Gasteiger partial charge in [-0.2, -0.15) is 5.10 Å². The van der Waals surface area contributed by atoms with Gasteiger partial charge >= 0.3 is 0 Å². The van der Waals surface area contributed by atoms with Crippen molar-refractivity contribution in [2.45, 2.75) is 25.0 Å². The predicted molar refractivity (Wildman–Crippen MR) is 67.4 cm³/mol. The van der Waals surface area contributed by atoms with Gasteiger partial charge in [0.1, 0.15) is 5.01 Å². The number of aromatic nitrogens is 3. The van der Waals surface area contributed by atoms with Crippen LogP contribution in [0.5, 0.6) is 0 Å². The third kappa shape index (κ3) is 2.75. The van der Waals surface area contributed by atoms with Crippen molar-refractivity contribution in [3.05, 3.63) is 27.8 Å². The Morgan fingerprint density at radius 3 is 2.94 bits per heavy atom. The molecule has 0 unspecified atom stereocenters. The Morgan fingerprint density at radius 1 is 1.56 bits per heavy atom. The van der Waals surface area contributed by atoms with Gasteiger partial charge in [-0.05, 0) is 6.92 Å². The molecule has 0 saturated carbocycles. The van der Waals surface area contributed by atoms with Crippen LogP contribution in [0.3, 0.4) is 0 Å². The predicted octanol–water partition coefficient (Wildman–Crippen LogP) is 0.112. The fourth-order valence-corrected chi connectivity index (χ4v) is 3.32. The van der Waals surface area contributed by atoms with E-state index >= 15 is 0 Å². The number of sulfonamides is 1. The van der Waals surface area contributed by atoms with Gasteiger partial charge < -0.3 is 5.73 Å². The molecule has 0 saturated heterocycles. The first kappa shape index (κ1) is 13.1. The summed E-state index contributed by atoms with van der Waals surface area (Å²) in [6, 6.07) is 0. The molecule has 4 N–H and O–H groups in total. The van der Waals surface area contributed by atoms with E-state index in [1.54, 1.807) is 0 Å². The molecule has 0 aliphatic rings. The standard InChI is InChI=1S/C9H13N5O2S2/c1-6-5-17-8(13-6)4-12-18(15,16)9-7(2-10)3-11-14-9/h3,5,12H,2,4,10H2,1H3,(H,11,14). The molecule has 0 spiro atoms. The number of nitrogens with zero attached hydrogens (tertiary/aromatic N) is 2. The van der Waals surface area contributed by atoms with Gasteiger partial charge in [-0.1, -0.05) is 0 Å². The molecule has 0 radical (unpaired) electrons. The minimum Gasteiger partial charge on any atom is -0.326 e. The summed E-state index contributed by atoms with van der Waals surface area (Å²) < 4.78 is 26.4. The Labute approximate surface area is 108 Å². The Bertz CT molecular complexity index is 631. The van der Waals surface area contributed by atoms with Crippen LogP contribution in [0.2, 0.25) is 0 Å². The van der Waals surface area contributed by atoms with Gasteiger partial charge in [0, 0.05) is 23.2 Å². The number of aryl methyl sites for hydroxylation is 1. The van der Waals surface area contributed by atoms with E-state index in [0.717, 1.165) is 5.69 Å². The molecule has 2 aromatic rings. The molecule has 2 heterocycles. The summed E-state index contributed by atoms with van der Waals surface area (Å²) >= 11 is 1.41. The lowest BCUT2D eigenvalue weighted by molar-refractivity contribution is 0.575. The van der Waals surface area contributed by atoms with Crippen LogP contribution in [0.4, 0.5) is 0 Å². The van der Waals surface area contributed by atoms with E-state index in [-0.39, 0.29) is 18.1 Å². The number of rotatable bonds is 5. The summed E-state index contributed by atoms with van der Waals surface area (Å²) in [5.74, 6) is 0. The number of nitrogens with one attached hydrogen (secondary N) is 2. The van der Waals surface area contributed by atoms with Gasteiger partial charge in [-0.25, -0.2) is 18.1 Å². The molecule has 2 rings (SSSR count). The zero-order chi connectivity index (χ0) is 13.2. The van der Waals surface area contributed by atoms with Gasteiger partial charge in [0.05, 0.1) is 12.7 Å². The quantitative estimate of drug-likeness (QED) is 0.722. The van der Waals surface area contributed by atoms with E-state index in [1.807, 2.05) is 12.3 Å². The number of nitrogens with two attached hydrogens (primary N) is 1. The van der Waals surface area contributed by atoms with Crippen LogP contribution in [0, 0.1) is 6.92 Å². The molecule has 0 aliphatic heterocycles. The number of aromatic amines is 1. The summed E-state index contributed by atoms with van der Waals surface area (Å²) in [5, 5.41) is 8.71. The number of thiazole rings is 1. The van der Waals surface area contributed by atoms with E-state index in [4.69, 9.17) is 5.73 Å². The Balaban J connectivity index is 2.13. The second-order valence-electron chi connectivity index (χ2n) is 3.64. The van der Waals surface area contributed by atoms with Crippen molar-refractivity contribution >= 4 is 21.4 Å². The van der Waals surface area contributed by atoms with Crippen LogP contribution in [0.25, 0.3) is 0 Å². The molecule has 0 fully saturated rings. The fourth-order valence-electron chi connectivity index (χ4n) is 1.39. The summed E-state index contributed by atoms with van der Waals surface area (Å²) in [6.45, 7) is 2.13. The molecule has 2 aromatic heterocycles. The minimum absolute atomic E-state index is 0.0123. The Kier molecular flexibility index (Phi) is 3.76. The van der Waals surface area contributed by atoms with E-state index in [0.29, 0.717) is 10.6 Å². The zero-order valence-corrected chi connectivity index (χ0v) is 11.3. The van der Waals surface area contributed by atoms with Crippen LogP contribution in [0.15, 0.2) is 16.6 Å². The second kappa shape index (κ2) is 5.14. The SMILES string of the molecule is Cc1csc(CNS(=O)(=O)c2[nH]ncc2CN)n1. The van der Waals surface area contributed by atoms with Crippen molar-refractivity contribution < 1.29 is 8.42 Å². The molecular weight excluding hydrogens is 274 g/mol. The minimum atomic E-state index is -3.63. The van der Waals surface area contributed by atoms with Crippen molar-refractivity contribution in [2.75, 3.05) is 0 Å². The summed E-state index contributed by atoms with van der Waals surface area (Å²) in [5.41, 5.74) is 6.77. The lowest BCUT2D eigenvalue weighted by atomic mass is 10.4. The smallest absolute Gasteiger partial charge is 0.258 e. The second-order valence-corrected chi connectivity index (χ2v) is 6.28. The van der Waals surface area contributed by atoms with E-state index in [1.165, 1.54) is 17.5 Å². The topological polar surface area (TPSA) is 114 Å². The lowest BCUT2D eigenvalue weighted by Crippen LogP contribution is -2.25. The number of hydrogen-bond acceptors (Lipinski definition) is 6. The Hall–Kier alpha value is -1.29. The molecule has 7 nitrogen and oxygen atoms in total. The number of H-pyrrole nitrogens is 1. The van der Waals surface area contributed by atoms with Crippen molar-refractivity contribution in [3.8, 4) is 0 Å². The average molecular weight is 287 g/mol. The fraction of sp³-hybridized carbons (Fsp3) is 0.333. The largest absolute Gasteiger partial charge is 0.326 e. The van der Waals surface area contributed by atoms with Crippen LogP contribution in [-0.2, 0) is 23.1 Å². The van der Waals surface area contributed by atoms with Gasteiger partial charge in [-0.15, -0.1) is 11.3 Å². The summed E-state index contributed by atoms with van der Waals surface area (Å²) in [7, 11) is -3.63. The maximum Gasteiger partial charge on any atom is 0.258 e. The molecule has 18 heavy (non-hydrogen) atoms. The molecule has 98 valence electrons. The third-order valence-corrected chi connectivity index (χ3v) is 4.63. The first-order valence-electron chi connectivity index (χ1n) is 5.16. The van der Waals surface area contributed by atoms with E-state index < -0.39 is 10.0 Å². The molecule has 0 aliphatic carbocycles. The highest BCUT2D eigenvalue weighted by Crippen LogP contribution is 2.13. The molecule has 0 bridgehead atoms. The molecule has 0 amide bonds. The normalized spacial score (nSPS) is 11.9. The summed E-state index contributed by atoms with van der Waals surface area (Å²) in [4.78, 5) is 4.18. The van der Waals surface area contributed by atoms with Crippen molar-refractivity contribution in [3.63, 3.8) is 0 Å². The zero-order valence-electron chi connectivity index (χ0n) is 9.67. The maximum atomic E-state index is 12.0. The van der Waals surface area contributed by atoms with Crippen LogP contribution in [0.1, 0.15) is 16.3 Å². The van der Waals surface area contributed by atoms with Crippen LogP contribution < -0.4 is 10.5 Å². The summed E-state index contributed by atoms with van der Waals surface area (Å²) in [6.07, 6.45) is 1.40. The van der Waals surface area contributed by atoms with Gasteiger partial charge in [0.25, 0.3) is 10.0 Å². The highest BCUT2D eigenvalue weighted by atomic mass is 32.2. The lowest BCUT2D eigenvalue weighted by Gasteiger charge is -2.04. The molecule has 0 aromatic carbocycles. The first-order chi connectivity index (χ1) is 8.53. The maximum absolute atomic E-state index is 12.0. The van der Waals surface area contributed by atoms with Crippen LogP contribution in [-0.4, -0.2) is 23.6 Å². The van der Waals surface area contributed by atoms with E-state index in [2.05, 4.69) is 19.9 Å². The number of hydrogen-bond donors (Lipinski definition) is 3. The average Bonchev–Trinajstić information content (AvgIpc) is 2.95. The molecule has 9 heteroatoms. The van der Waals surface area contributed by atoms with Crippen molar-refractivity contribution in [1.29, 1.82) is 0 Å². The highest BCUT2D eigenvalue weighted by molar-refractivity contribution is 7.89. The van der Waals surface area contributed by atoms with Gasteiger partial charge in [0.15, 0.2) is 5.03 Å². The van der Waals surface area contributed by atoms with Crippen LogP contribution >= 0.6 is 11.3 Å². The monoisotopic (exact) mass is 287 g/mol. The van der Waals surface area contributed by atoms with Crippen molar-refractivity contribution in [2.24, 2.45) is 5.73 Å².